The molecule has 0 saturated carbocycles. The van der Waals surface area contributed by atoms with Gasteiger partial charge in [-0.25, -0.2) is 0 Å². The molecule has 0 fully saturated rings. The molecule has 4 heteroatoms. The molecule has 0 radical (unpaired) electrons. The lowest BCUT2D eigenvalue weighted by atomic mass is 9.97. The molecule has 0 heterocycles. The Morgan fingerprint density at radius 1 is 1.38 bits per heavy atom. The lowest BCUT2D eigenvalue weighted by Crippen LogP contribution is -2.19. The highest BCUT2D eigenvalue weighted by molar-refractivity contribution is 6.54. The number of alkyl halides is 2. The molecule has 0 spiro atoms. The van der Waals surface area contributed by atoms with Crippen molar-refractivity contribution in [3.63, 3.8) is 0 Å². The summed E-state index contributed by atoms with van der Waals surface area (Å²) in [4.78, 5) is 10.4. The molecule has 0 bridgehead atoms. The summed E-state index contributed by atoms with van der Waals surface area (Å²) in [5.74, 6) is -0.000289. The molecule has 2 nitrogen and oxygen atoms in total. The molecule has 0 aliphatic rings. The molecule has 0 saturated heterocycles. The van der Waals surface area contributed by atoms with E-state index in [-0.39, 0.29) is 5.91 Å². The van der Waals surface area contributed by atoms with Crippen LogP contribution in [-0.4, -0.2) is 10.7 Å². The van der Waals surface area contributed by atoms with Crippen molar-refractivity contribution in [2.75, 3.05) is 5.32 Å². The Morgan fingerprint density at radius 3 is 2.56 bits per heavy atom. The van der Waals surface area contributed by atoms with Gasteiger partial charge in [0, 0.05) is 5.69 Å². The van der Waals surface area contributed by atoms with E-state index in [0.717, 1.165) is 17.7 Å². The number of amides is 1. The molecule has 0 unspecified atom stereocenters. The molecular formula is C12H15Cl2NO. The number of para-hydroxylation sites is 1. The molecule has 1 atom stereocenters. The van der Waals surface area contributed by atoms with Gasteiger partial charge in [-0.3, -0.25) is 4.79 Å². The number of anilines is 1. The molecule has 16 heavy (non-hydrogen) atoms. The zero-order valence-corrected chi connectivity index (χ0v) is 10.8. The summed E-state index contributed by atoms with van der Waals surface area (Å²) >= 11 is 11.0. The SMILES string of the molecule is CC[C@H](C)c1ccccc1NC(=O)C(Cl)Cl. The van der Waals surface area contributed by atoms with E-state index in [0.29, 0.717) is 5.92 Å². The summed E-state index contributed by atoms with van der Waals surface area (Å²) in [6.45, 7) is 4.22. The third-order valence-corrected chi connectivity index (χ3v) is 2.96. The highest BCUT2D eigenvalue weighted by atomic mass is 35.5. The first-order valence-electron chi connectivity index (χ1n) is 5.24. The van der Waals surface area contributed by atoms with Crippen molar-refractivity contribution in [1.82, 2.24) is 0 Å². The summed E-state index contributed by atoms with van der Waals surface area (Å²) in [6, 6.07) is 7.69. The summed E-state index contributed by atoms with van der Waals surface area (Å²) in [6.07, 6.45) is 1.01. The van der Waals surface area contributed by atoms with Crippen LogP contribution >= 0.6 is 23.2 Å². The molecule has 1 N–H and O–H groups in total. The number of rotatable bonds is 4. The van der Waals surface area contributed by atoms with Crippen LogP contribution in [0.2, 0.25) is 0 Å². The van der Waals surface area contributed by atoms with Crippen LogP contribution in [0.4, 0.5) is 5.69 Å². The second-order valence-corrected chi connectivity index (χ2v) is 4.78. The summed E-state index contributed by atoms with van der Waals surface area (Å²) in [7, 11) is 0. The first-order valence-corrected chi connectivity index (χ1v) is 6.11. The van der Waals surface area contributed by atoms with Crippen LogP contribution in [0.15, 0.2) is 24.3 Å². The minimum Gasteiger partial charge on any atom is -0.323 e. The Balaban J connectivity index is 2.91. The van der Waals surface area contributed by atoms with E-state index in [1.165, 1.54) is 0 Å². The van der Waals surface area contributed by atoms with Crippen molar-refractivity contribution >= 4 is 34.8 Å². The van der Waals surface area contributed by atoms with Crippen LogP contribution in [-0.2, 0) is 4.79 Å². The first-order chi connectivity index (χ1) is 7.56. The predicted octanol–water partition coefficient (Wildman–Crippen LogP) is 3.94. The van der Waals surface area contributed by atoms with E-state index >= 15 is 0 Å². The summed E-state index contributed by atoms with van der Waals surface area (Å²) in [5.41, 5.74) is 1.89. The molecule has 1 rings (SSSR count). The average molecular weight is 260 g/mol. The van der Waals surface area contributed by atoms with E-state index in [2.05, 4.69) is 19.2 Å². The highest BCUT2D eigenvalue weighted by Gasteiger charge is 2.14. The fourth-order valence-electron chi connectivity index (χ4n) is 1.45. The Hall–Kier alpha value is -0.730. The second-order valence-electron chi connectivity index (χ2n) is 3.69. The van der Waals surface area contributed by atoms with Crippen molar-refractivity contribution in [3.8, 4) is 0 Å². The zero-order valence-electron chi connectivity index (χ0n) is 9.34. The Kier molecular flexibility index (Phi) is 5.10. The zero-order chi connectivity index (χ0) is 12.1. The summed E-state index contributed by atoms with van der Waals surface area (Å²) in [5, 5.41) is 2.72. The third-order valence-electron chi connectivity index (χ3n) is 2.56. The monoisotopic (exact) mass is 259 g/mol. The van der Waals surface area contributed by atoms with Gasteiger partial charge in [0.05, 0.1) is 0 Å². The van der Waals surface area contributed by atoms with Gasteiger partial charge in [-0.2, -0.15) is 0 Å². The van der Waals surface area contributed by atoms with Crippen LogP contribution in [0.3, 0.4) is 0 Å². The van der Waals surface area contributed by atoms with Crippen molar-refractivity contribution < 1.29 is 4.79 Å². The minimum atomic E-state index is -1.04. The maximum atomic E-state index is 11.4. The average Bonchev–Trinajstić information content (AvgIpc) is 2.28. The topological polar surface area (TPSA) is 29.1 Å². The van der Waals surface area contributed by atoms with Crippen molar-refractivity contribution in [1.29, 1.82) is 0 Å². The van der Waals surface area contributed by atoms with Crippen LogP contribution in [0.1, 0.15) is 31.7 Å². The number of hydrogen-bond acceptors (Lipinski definition) is 1. The van der Waals surface area contributed by atoms with Gasteiger partial charge >= 0.3 is 0 Å². The molecule has 0 aromatic heterocycles. The van der Waals surface area contributed by atoms with Gasteiger partial charge in [-0.1, -0.05) is 55.2 Å². The number of nitrogens with one attached hydrogen (secondary N) is 1. The predicted molar refractivity (Wildman–Crippen MR) is 69.3 cm³/mol. The molecule has 0 aliphatic heterocycles. The number of halogens is 2. The maximum Gasteiger partial charge on any atom is 0.257 e. The highest BCUT2D eigenvalue weighted by Crippen LogP contribution is 2.26. The van der Waals surface area contributed by atoms with Gasteiger partial charge < -0.3 is 5.32 Å². The van der Waals surface area contributed by atoms with Gasteiger partial charge in [0.25, 0.3) is 5.91 Å². The van der Waals surface area contributed by atoms with Crippen LogP contribution in [0.25, 0.3) is 0 Å². The maximum absolute atomic E-state index is 11.4. The Morgan fingerprint density at radius 2 is 2.00 bits per heavy atom. The first kappa shape index (κ1) is 13.3. The number of benzene rings is 1. The number of carbonyl (C=O) groups excluding carboxylic acids is 1. The Labute approximate surface area is 106 Å². The van der Waals surface area contributed by atoms with Gasteiger partial charge in [0.15, 0.2) is 4.84 Å². The van der Waals surface area contributed by atoms with Gasteiger partial charge in [-0.15, -0.1) is 0 Å². The van der Waals surface area contributed by atoms with E-state index in [1.54, 1.807) is 0 Å². The number of hydrogen-bond donors (Lipinski definition) is 1. The lowest BCUT2D eigenvalue weighted by molar-refractivity contribution is -0.114. The molecule has 0 aliphatic carbocycles. The van der Waals surface area contributed by atoms with E-state index in [4.69, 9.17) is 23.2 Å². The fourth-order valence-corrected chi connectivity index (χ4v) is 1.56. The van der Waals surface area contributed by atoms with Crippen LogP contribution < -0.4 is 5.32 Å². The minimum absolute atomic E-state index is 0.389. The van der Waals surface area contributed by atoms with Gasteiger partial charge in [0.1, 0.15) is 0 Å². The van der Waals surface area contributed by atoms with Gasteiger partial charge in [0.2, 0.25) is 0 Å². The van der Waals surface area contributed by atoms with E-state index in [9.17, 15) is 4.79 Å². The van der Waals surface area contributed by atoms with Crippen LogP contribution in [0.5, 0.6) is 0 Å². The summed E-state index contributed by atoms with van der Waals surface area (Å²) < 4.78 is 0. The lowest BCUT2D eigenvalue weighted by Gasteiger charge is -2.15. The quantitative estimate of drug-likeness (QED) is 0.816. The Bertz CT molecular complexity index is 366. The third kappa shape index (κ3) is 3.39. The molecule has 1 aromatic carbocycles. The largest absolute Gasteiger partial charge is 0.323 e. The molecule has 1 amide bonds. The van der Waals surface area contributed by atoms with Crippen molar-refractivity contribution in [2.45, 2.75) is 31.0 Å². The van der Waals surface area contributed by atoms with Crippen molar-refractivity contribution in [3.05, 3.63) is 29.8 Å². The molecular weight excluding hydrogens is 245 g/mol. The molecule has 88 valence electrons. The van der Waals surface area contributed by atoms with E-state index < -0.39 is 4.84 Å². The standard InChI is InChI=1S/C12H15Cl2NO/c1-3-8(2)9-6-4-5-7-10(9)15-12(16)11(13)14/h4-8,11H,3H2,1-2H3,(H,15,16)/t8-/m0/s1. The van der Waals surface area contributed by atoms with E-state index in [1.807, 2.05) is 24.3 Å². The fraction of sp³-hybridized carbons (Fsp3) is 0.417. The van der Waals surface area contributed by atoms with Gasteiger partial charge in [-0.05, 0) is 24.0 Å². The normalized spacial score (nSPS) is 12.6. The second kappa shape index (κ2) is 6.12. The molecule has 1 aromatic rings. The van der Waals surface area contributed by atoms with Crippen LogP contribution in [0, 0.1) is 0 Å². The smallest absolute Gasteiger partial charge is 0.257 e. The number of carbonyl (C=O) groups is 1. The van der Waals surface area contributed by atoms with Crippen molar-refractivity contribution in [2.24, 2.45) is 0 Å².